The molecule has 17 heavy (non-hydrogen) atoms. The highest BCUT2D eigenvalue weighted by Crippen LogP contribution is 2.37. The van der Waals surface area contributed by atoms with Crippen molar-refractivity contribution in [3.8, 4) is 5.75 Å². The highest BCUT2D eigenvalue weighted by molar-refractivity contribution is 7.32. The van der Waals surface area contributed by atoms with E-state index >= 15 is 0 Å². The highest BCUT2D eigenvalue weighted by atomic mass is 31.1. The molecule has 0 radical (unpaired) electrons. The zero-order valence-corrected chi connectivity index (χ0v) is 10.5. The van der Waals surface area contributed by atoms with Crippen molar-refractivity contribution in [1.82, 2.24) is 0 Å². The standard InChI is InChI=1S/C11H13F2O3P/c1-3-7-5-6-9(16-17(14)15)10(11(12)13)8(7)4-2/h5-6,11H,3-4H2,1-2H3/p+1. The minimum absolute atomic E-state index is 0.210. The summed E-state index contributed by atoms with van der Waals surface area (Å²) in [5, 5.41) is 0. The van der Waals surface area contributed by atoms with Crippen LogP contribution in [0.2, 0.25) is 0 Å². The fraction of sp³-hybridized carbons (Fsp3) is 0.455. The van der Waals surface area contributed by atoms with Crippen LogP contribution in [0.5, 0.6) is 5.75 Å². The first-order valence-electron chi connectivity index (χ1n) is 5.28. The average Bonchev–Trinajstić information content (AvgIpc) is 2.26. The Balaban J connectivity index is 3.36. The van der Waals surface area contributed by atoms with Crippen LogP contribution in [0.4, 0.5) is 8.78 Å². The van der Waals surface area contributed by atoms with Crippen molar-refractivity contribution >= 4 is 8.25 Å². The molecule has 0 heterocycles. The molecule has 1 unspecified atom stereocenters. The fourth-order valence-corrected chi connectivity index (χ4v) is 2.17. The summed E-state index contributed by atoms with van der Waals surface area (Å²) in [6.07, 6.45) is -1.65. The highest BCUT2D eigenvalue weighted by Gasteiger charge is 2.26. The van der Waals surface area contributed by atoms with Crippen molar-refractivity contribution in [2.24, 2.45) is 0 Å². The van der Waals surface area contributed by atoms with Crippen LogP contribution in [0, 0.1) is 0 Å². The third-order valence-electron chi connectivity index (χ3n) is 2.54. The molecule has 1 aromatic rings. The molecule has 1 N–H and O–H groups in total. The van der Waals surface area contributed by atoms with Gasteiger partial charge in [0.1, 0.15) is 0 Å². The number of hydrogen-bond acceptors (Lipinski definition) is 2. The SMILES string of the molecule is CCc1ccc(O[P+](=O)O)c(C(F)F)c1CC. The van der Waals surface area contributed by atoms with Gasteiger partial charge in [-0.15, -0.1) is 4.89 Å². The summed E-state index contributed by atoms with van der Waals surface area (Å²) in [6, 6.07) is 2.97. The molecule has 0 saturated carbocycles. The Morgan fingerprint density at radius 1 is 1.35 bits per heavy atom. The number of alkyl halides is 2. The maximum Gasteiger partial charge on any atom is 0.747 e. The molecule has 0 fully saturated rings. The minimum Gasteiger partial charge on any atom is -0.229 e. The second-order valence-corrected chi connectivity index (χ2v) is 4.11. The number of hydrogen-bond donors (Lipinski definition) is 1. The normalized spacial score (nSPS) is 11.8. The van der Waals surface area contributed by atoms with E-state index in [-0.39, 0.29) is 11.3 Å². The molecule has 0 bridgehead atoms. The summed E-state index contributed by atoms with van der Waals surface area (Å²) in [7, 11) is -2.93. The predicted octanol–water partition coefficient (Wildman–Crippen LogP) is 3.78. The van der Waals surface area contributed by atoms with Crippen molar-refractivity contribution in [3.63, 3.8) is 0 Å². The molecule has 3 nitrogen and oxygen atoms in total. The van der Waals surface area contributed by atoms with Crippen molar-refractivity contribution < 1.29 is 22.8 Å². The summed E-state index contributed by atoms with van der Waals surface area (Å²) in [5.74, 6) is -0.210. The van der Waals surface area contributed by atoms with Gasteiger partial charge in [0.15, 0.2) is 5.75 Å². The molecular formula is C11H14F2O3P+. The molecule has 0 aliphatic carbocycles. The molecule has 0 aromatic heterocycles. The second kappa shape index (κ2) is 6.03. The van der Waals surface area contributed by atoms with Crippen LogP contribution in [0.3, 0.4) is 0 Å². The Bertz CT molecular complexity index is 421. The molecule has 0 spiro atoms. The molecule has 0 aliphatic heterocycles. The fourth-order valence-electron chi connectivity index (χ4n) is 1.84. The molecule has 1 aromatic carbocycles. The Morgan fingerprint density at radius 2 is 2.00 bits per heavy atom. The van der Waals surface area contributed by atoms with E-state index in [1.807, 2.05) is 6.92 Å². The van der Waals surface area contributed by atoms with Gasteiger partial charge >= 0.3 is 8.25 Å². The van der Waals surface area contributed by atoms with E-state index < -0.39 is 14.7 Å². The predicted molar refractivity (Wildman–Crippen MR) is 60.6 cm³/mol. The molecule has 1 rings (SSSR count). The van der Waals surface area contributed by atoms with Crippen molar-refractivity contribution in [2.75, 3.05) is 0 Å². The third kappa shape index (κ3) is 3.20. The summed E-state index contributed by atoms with van der Waals surface area (Å²) in [5.41, 5.74) is 1.03. The van der Waals surface area contributed by atoms with Gasteiger partial charge in [-0.25, -0.2) is 13.3 Å². The summed E-state index contributed by atoms with van der Waals surface area (Å²) in [6.45, 7) is 3.64. The van der Waals surface area contributed by atoms with Gasteiger partial charge in [0, 0.05) is 4.57 Å². The third-order valence-corrected chi connectivity index (χ3v) is 2.90. The Kier molecular flexibility index (Phi) is 4.97. The maximum atomic E-state index is 13.0. The molecule has 0 saturated heterocycles. The lowest BCUT2D eigenvalue weighted by Crippen LogP contribution is -2.01. The smallest absolute Gasteiger partial charge is 0.229 e. The zero-order valence-electron chi connectivity index (χ0n) is 9.61. The molecule has 6 heteroatoms. The molecule has 1 atom stereocenters. The Morgan fingerprint density at radius 3 is 2.41 bits per heavy atom. The quantitative estimate of drug-likeness (QED) is 0.822. The lowest BCUT2D eigenvalue weighted by molar-refractivity contribution is 0.147. The summed E-state index contributed by atoms with van der Waals surface area (Å²) < 4.78 is 41.1. The lowest BCUT2D eigenvalue weighted by Gasteiger charge is -2.13. The number of halogens is 2. The van der Waals surface area contributed by atoms with Gasteiger partial charge in [-0.3, -0.25) is 0 Å². The summed E-state index contributed by atoms with van der Waals surface area (Å²) >= 11 is 0. The van der Waals surface area contributed by atoms with E-state index in [2.05, 4.69) is 4.52 Å². The lowest BCUT2D eigenvalue weighted by atomic mass is 9.96. The van der Waals surface area contributed by atoms with E-state index in [9.17, 15) is 13.3 Å². The summed E-state index contributed by atoms with van der Waals surface area (Å²) in [4.78, 5) is 8.64. The number of rotatable bonds is 5. The van der Waals surface area contributed by atoms with E-state index in [1.165, 1.54) is 6.07 Å². The van der Waals surface area contributed by atoms with Gasteiger partial charge in [-0.1, -0.05) is 19.9 Å². The number of benzene rings is 1. The van der Waals surface area contributed by atoms with Crippen LogP contribution in [-0.2, 0) is 17.4 Å². The monoisotopic (exact) mass is 263 g/mol. The Hall–Kier alpha value is -1.06. The molecule has 94 valence electrons. The van der Waals surface area contributed by atoms with Crippen molar-refractivity contribution in [3.05, 3.63) is 28.8 Å². The number of aryl methyl sites for hydroxylation is 1. The van der Waals surface area contributed by atoms with Crippen LogP contribution in [-0.4, -0.2) is 4.89 Å². The van der Waals surface area contributed by atoms with Crippen LogP contribution in [0.1, 0.15) is 37.0 Å². The molecular weight excluding hydrogens is 249 g/mol. The van der Waals surface area contributed by atoms with Crippen molar-refractivity contribution in [1.29, 1.82) is 0 Å². The van der Waals surface area contributed by atoms with Crippen molar-refractivity contribution in [2.45, 2.75) is 33.1 Å². The minimum atomic E-state index is -2.93. The van der Waals surface area contributed by atoms with E-state index in [1.54, 1.807) is 13.0 Å². The van der Waals surface area contributed by atoms with E-state index in [4.69, 9.17) is 4.89 Å². The first-order chi connectivity index (χ1) is 8.01. The largest absolute Gasteiger partial charge is 0.747 e. The molecule has 0 amide bonds. The van der Waals surface area contributed by atoms with Crippen LogP contribution >= 0.6 is 8.25 Å². The zero-order chi connectivity index (χ0) is 13.0. The van der Waals surface area contributed by atoms with Gasteiger partial charge in [-0.2, -0.15) is 0 Å². The Labute approximate surface area is 99.4 Å². The van der Waals surface area contributed by atoms with Gasteiger partial charge in [0.25, 0.3) is 6.43 Å². The van der Waals surface area contributed by atoms with Gasteiger partial charge in [0.2, 0.25) is 0 Å². The molecule has 0 aliphatic rings. The van der Waals surface area contributed by atoms with E-state index in [0.717, 1.165) is 5.56 Å². The van der Waals surface area contributed by atoms with Gasteiger partial charge in [-0.05, 0) is 30.0 Å². The van der Waals surface area contributed by atoms with Crippen LogP contribution in [0.25, 0.3) is 0 Å². The maximum absolute atomic E-state index is 13.0. The van der Waals surface area contributed by atoms with Crippen LogP contribution in [0.15, 0.2) is 12.1 Å². The van der Waals surface area contributed by atoms with Crippen LogP contribution < -0.4 is 4.52 Å². The average molecular weight is 263 g/mol. The van der Waals surface area contributed by atoms with E-state index in [0.29, 0.717) is 18.4 Å². The first-order valence-corrected chi connectivity index (χ1v) is 6.41. The topological polar surface area (TPSA) is 46.5 Å². The van der Waals surface area contributed by atoms with Gasteiger partial charge < -0.3 is 0 Å². The second-order valence-electron chi connectivity index (χ2n) is 3.45. The van der Waals surface area contributed by atoms with Gasteiger partial charge in [0.05, 0.1) is 5.56 Å². The first kappa shape index (κ1) is 14.0.